The molecule has 2 unspecified atom stereocenters. The molecular weight excluding hydrogens is 240 g/mol. The van der Waals surface area contributed by atoms with Gasteiger partial charge in [-0.1, -0.05) is 6.92 Å². The van der Waals surface area contributed by atoms with Crippen LogP contribution in [0.25, 0.3) is 0 Å². The lowest BCUT2D eigenvalue weighted by atomic mass is 9.85. The van der Waals surface area contributed by atoms with Crippen molar-refractivity contribution in [3.63, 3.8) is 0 Å². The van der Waals surface area contributed by atoms with E-state index < -0.39 is 0 Å². The standard InChI is InChI=1S/C14H24N4O/c1-11(12-3-2-5-15-10-12)9-14(19)18-6-4-13-16-7-8-17-13/h7-8,11-12,15H,2-6,9-10H2,1H3,(H,16,17)(H,18,19). The molecular formula is C14H24N4O. The normalized spacial score (nSPS) is 21.0. The Hall–Kier alpha value is -1.36. The van der Waals surface area contributed by atoms with Crippen molar-refractivity contribution >= 4 is 5.91 Å². The van der Waals surface area contributed by atoms with E-state index in [0.29, 0.717) is 24.8 Å². The van der Waals surface area contributed by atoms with Gasteiger partial charge in [0.25, 0.3) is 0 Å². The summed E-state index contributed by atoms with van der Waals surface area (Å²) >= 11 is 0. The first-order chi connectivity index (χ1) is 9.25. The molecule has 1 fully saturated rings. The monoisotopic (exact) mass is 264 g/mol. The van der Waals surface area contributed by atoms with Crippen LogP contribution in [0.5, 0.6) is 0 Å². The lowest BCUT2D eigenvalue weighted by Crippen LogP contribution is -2.36. The van der Waals surface area contributed by atoms with Crippen molar-refractivity contribution in [2.45, 2.75) is 32.6 Å². The third-order valence-electron chi connectivity index (χ3n) is 3.89. The fourth-order valence-corrected chi connectivity index (χ4v) is 2.65. The molecule has 0 aromatic carbocycles. The Balaban J connectivity index is 1.63. The molecule has 1 aliphatic rings. The molecule has 2 heterocycles. The van der Waals surface area contributed by atoms with Gasteiger partial charge in [-0.3, -0.25) is 4.79 Å². The van der Waals surface area contributed by atoms with Crippen molar-refractivity contribution in [2.75, 3.05) is 19.6 Å². The summed E-state index contributed by atoms with van der Waals surface area (Å²) in [7, 11) is 0. The first-order valence-electron chi connectivity index (χ1n) is 7.21. The zero-order valence-electron chi connectivity index (χ0n) is 11.6. The summed E-state index contributed by atoms with van der Waals surface area (Å²) in [5.74, 6) is 2.18. The second-order valence-electron chi connectivity index (χ2n) is 5.42. The molecule has 0 saturated carbocycles. The second-order valence-corrected chi connectivity index (χ2v) is 5.42. The summed E-state index contributed by atoms with van der Waals surface area (Å²) in [6, 6.07) is 0. The Morgan fingerprint density at radius 1 is 1.63 bits per heavy atom. The van der Waals surface area contributed by atoms with Crippen LogP contribution in [0, 0.1) is 11.8 Å². The Morgan fingerprint density at radius 3 is 3.21 bits per heavy atom. The van der Waals surface area contributed by atoms with Gasteiger partial charge in [0.15, 0.2) is 0 Å². The summed E-state index contributed by atoms with van der Waals surface area (Å²) in [6.45, 7) is 5.02. The van der Waals surface area contributed by atoms with Crippen LogP contribution in [0.3, 0.4) is 0 Å². The number of H-pyrrole nitrogens is 1. The van der Waals surface area contributed by atoms with Gasteiger partial charge in [0.1, 0.15) is 5.82 Å². The number of rotatable bonds is 6. The minimum absolute atomic E-state index is 0.157. The third-order valence-corrected chi connectivity index (χ3v) is 3.89. The van der Waals surface area contributed by atoms with Gasteiger partial charge in [-0.05, 0) is 37.8 Å². The largest absolute Gasteiger partial charge is 0.356 e. The Kier molecular flexibility index (Phi) is 5.39. The molecule has 1 aliphatic heterocycles. The molecule has 0 aliphatic carbocycles. The number of carbonyl (C=O) groups is 1. The van der Waals surface area contributed by atoms with E-state index in [1.807, 2.05) is 0 Å². The molecule has 0 radical (unpaired) electrons. The van der Waals surface area contributed by atoms with Crippen molar-refractivity contribution in [1.82, 2.24) is 20.6 Å². The highest BCUT2D eigenvalue weighted by molar-refractivity contribution is 5.76. The number of piperidine rings is 1. The molecule has 5 heteroatoms. The van der Waals surface area contributed by atoms with E-state index in [-0.39, 0.29) is 5.91 Å². The zero-order valence-corrected chi connectivity index (χ0v) is 11.6. The highest BCUT2D eigenvalue weighted by atomic mass is 16.1. The number of imidazole rings is 1. The maximum absolute atomic E-state index is 11.9. The van der Waals surface area contributed by atoms with Gasteiger partial charge < -0.3 is 15.6 Å². The zero-order chi connectivity index (χ0) is 13.5. The average Bonchev–Trinajstić information content (AvgIpc) is 2.93. The van der Waals surface area contributed by atoms with E-state index in [0.717, 1.165) is 25.3 Å². The molecule has 1 saturated heterocycles. The predicted molar refractivity (Wildman–Crippen MR) is 74.7 cm³/mol. The Bertz CT molecular complexity index is 371. The summed E-state index contributed by atoms with van der Waals surface area (Å²) < 4.78 is 0. The fourth-order valence-electron chi connectivity index (χ4n) is 2.65. The summed E-state index contributed by atoms with van der Waals surface area (Å²) in [5, 5.41) is 6.38. The molecule has 0 spiro atoms. The number of carbonyl (C=O) groups excluding carboxylic acids is 1. The number of hydrogen-bond donors (Lipinski definition) is 3. The van der Waals surface area contributed by atoms with Gasteiger partial charge in [-0.25, -0.2) is 4.98 Å². The molecule has 1 aromatic heterocycles. The molecule has 0 bridgehead atoms. The Labute approximate surface area is 114 Å². The van der Waals surface area contributed by atoms with Gasteiger partial charge in [0.2, 0.25) is 5.91 Å². The highest BCUT2D eigenvalue weighted by Gasteiger charge is 2.21. The van der Waals surface area contributed by atoms with Crippen molar-refractivity contribution in [1.29, 1.82) is 0 Å². The molecule has 1 amide bonds. The lowest BCUT2D eigenvalue weighted by molar-refractivity contribution is -0.122. The first-order valence-corrected chi connectivity index (χ1v) is 7.21. The molecule has 19 heavy (non-hydrogen) atoms. The van der Waals surface area contributed by atoms with Crippen molar-refractivity contribution in [3.05, 3.63) is 18.2 Å². The number of aromatic nitrogens is 2. The molecule has 2 atom stereocenters. The maximum Gasteiger partial charge on any atom is 0.220 e. The first kappa shape index (κ1) is 14.1. The van der Waals surface area contributed by atoms with E-state index in [1.165, 1.54) is 12.8 Å². The quantitative estimate of drug-likeness (QED) is 0.720. The SMILES string of the molecule is CC(CC(=O)NCCc1ncc[nH]1)C1CCCNC1. The minimum Gasteiger partial charge on any atom is -0.356 e. The lowest BCUT2D eigenvalue weighted by Gasteiger charge is -2.28. The highest BCUT2D eigenvalue weighted by Crippen LogP contribution is 2.22. The van der Waals surface area contributed by atoms with Crippen LogP contribution in [0.1, 0.15) is 32.0 Å². The van der Waals surface area contributed by atoms with Crippen LogP contribution in [-0.4, -0.2) is 35.5 Å². The second kappa shape index (κ2) is 7.28. The van der Waals surface area contributed by atoms with Gasteiger partial charge in [-0.2, -0.15) is 0 Å². The maximum atomic E-state index is 11.9. The average molecular weight is 264 g/mol. The van der Waals surface area contributed by atoms with Gasteiger partial charge in [-0.15, -0.1) is 0 Å². The molecule has 3 N–H and O–H groups in total. The van der Waals surface area contributed by atoms with Crippen LogP contribution in [0.4, 0.5) is 0 Å². The minimum atomic E-state index is 0.157. The number of hydrogen-bond acceptors (Lipinski definition) is 3. The van der Waals surface area contributed by atoms with Gasteiger partial charge in [0, 0.05) is 31.8 Å². The summed E-state index contributed by atoms with van der Waals surface area (Å²) in [5.41, 5.74) is 0. The van der Waals surface area contributed by atoms with E-state index >= 15 is 0 Å². The van der Waals surface area contributed by atoms with E-state index in [4.69, 9.17) is 0 Å². The van der Waals surface area contributed by atoms with Crippen LogP contribution < -0.4 is 10.6 Å². The van der Waals surface area contributed by atoms with Crippen LogP contribution in [-0.2, 0) is 11.2 Å². The van der Waals surface area contributed by atoms with Gasteiger partial charge in [0.05, 0.1) is 0 Å². The van der Waals surface area contributed by atoms with E-state index in [9.17, 15) is 4.79 Å². The fraction of sp³-hybridized carbons (Fsp3) is 0.714. The van der Waals surface area contributed by atoms with E-state index in [1.54, 1.807) is 12.4 Å². The molecule has 106 valence electrons. The molecule has 1 aromatic rings. The van der Waals surface area contributed by atoms with Crippen molar-refractivity contribution < 1.29 is 4.79 Å². The smallest absolute Gasteiger partial charge is 0.220 e. The summed E-state index contributed by atoms with van der Waals surface area (Å²) in [4.78, 5) is 19.0. The summed E-state index contributed by atoms with van der Waals surface area (Å²) in [6.07, 6.45) is 7.40. The van der Waals surface area contributed by atoms with Crippen molar-refractivity contribution in [3.8, 4) is 0 Å². The number of nitrogens with one attached hydrogen (secondary N) is 3. The number of amides is 1. The van der Waals surface area contributed by atoms with E-state index in [2.05, 4.69) is 27.5 Å². The number of nitrogens with zero attached hydrogens (tertiary/aromatic N) is 1. The van der Waals surface area contributed by atoms with Gasteiger partial charge >= 0.3 is 0 Å². The molecule has 2 rings (SSSR count). The van der Waals surface area contributed by atoms with Crippen LogP contribution in [0.15, 0.2) is 12.4 Å². The number of aromatic amines is 1. The van der Waals surface area contributed by atoms with Crippen LogP contribution >= 0.6 is 0 Å². The molecule has 5 nitrogen and oxygen atoms in total. The van der Waals surface area contributed by atoms with Crippen molar-refractivity contribution in [2.24, 2.45) is 11.8 Å². The topological polar surface area (TPSA) is 69.8 Å². The third kappa shape index (κ3) is 4.67. The predicted octanol–water partition coefficient (Wildman–Crippen LogP) is 1.09. The Morgan fingerprint density at radius 2 is 2.53 bits per heavy atom. The van der Waals surface area contributed by atoms with Crippen LogP contribution in [0.2, 0.25) is 0 Å².